The third kappa shape index (κ3) is 7.23. The molecule has 0 bridgehead atoms. The second kappa shape index (κ2) is 12.9. The fraction of sp³-hybridized carbons (Fsp3) is 0.348. The first kappa shape index (κ1) is 24.6. The van der Waals surface area contributed by atoms with Gasteiger partial charge < -0.3 is 29.5 Å². The van der Waals surface area contributed by atoms with Gasteiger partial charge in [0, 0.05) is 49.3 Å². The fourth-order valence-electron chi connectivity index (χ4n) is 3.22. The molecule has 0 fully saturated rings. The van der Waals surface area contributed by atoms with E-state index in [2.05, 4.69) is 33.3 Å². The summed E-state index contributed by atoms with van der Waals surface area (Å²) in [6.07, 6.45) is 6.13. The van der Waals surface area contributed by atoms with Crippen molar-refractivity contribution in [2.45, 2.75) is 19.3 Å². The van der Waals surface area contributed by atoms with Crippen molar-refractivity contribution in [3.8, 4) is 11.5 Å². The minimum absolute atomic E-state index is 0. The van der Waals surface area contributed by atoms with Crippen LogP contribution in [0, 0.1) is 0 Å². The molecule has 0 unspecified atom stereocenters. The zero-order valence-electron chi connectivity index (χ0n) is 18.1. The smallest absolute Gasteiger partial charge is 0.191 e. The zero-order valence-corrected chi connectivity index (χ0v) is 20.4. The van der Waals surface area contributed by atoms with Gasteiger partial charge in [-0.1, -0.05) is 6.08 Å². The minimum Gasteiger partial charge on any atom is -0.497 e. The number of halogens is 1. The predicted molar refractivity (Wildman–Crippen MR) is 136 cm³/mol. The highest BCUT2D eigenvalue weighted by Crippen LogP contribution is 2.31. The molecule has 0 saturated carbocycles. The lowest BCUT2D eigenvalue weighted by molar-refractivity contribution is 0.398. The summed E-state index contributed by atoms with van der Waals surface area (Å²) in [4.78, 5) is 8.12. The van der Waals surface area contributed by atoms with Crippen LogP contribution in [0.2, 0.25) is 0 Å². The molecule has 7 nitrogen and oxygen atoms in total. The Morgan fingerprint density at radius 3 is 2.77 bits per heavy atom. The lowest BCUT2D eigenvalue weighted by Gasteiger charge is -2.10. The SMILES string of the molecule is C=CCNC(=NCCCc1cc2c(OC)cc(OC)cc2[nH]1)NCCc1ccco1.I. The van der Waals surface area contributed by atoms with Crippen LogP contribution in [0.5, 0.6) is 11.5 Å². The van der Waals surface area contributed by atoms with Crippen LogP contribution in [-0.4, -0.2) is 44.8 Å². The largest absolute Gasteiger partial charge is 0.497 e. The maximum absolute atomic E-state index is 5.49. The van der Waals surface area contributed by atoms with Crippen LogP contribution in [-0.2, 0) is 12.8 Å². The van der Waals surface area contributed by atoms with E-state index in [0.717, 1.165) is 65.6 Å². The Morgan fingerprint density at radius 2 is 2.06 bits per heavy atom. The van der Waals surface area contributed by atoms with Crippen LogP contribution in [0.1, 0.15) is 17.9 Å². The Hall–Kier alpha value is -2.62. The number of aromatic nitrogens is 1. The summed E-state index contributed by atoms with van der Waals surface area (Å²) in [5, 5.41) is 7.64. The van der Waals surface area contributed by atoms with E-state index in [4.69, 9.17) is 13.9 Å². The van der Waals surface area contributed by atoms with Crippen molar-refractivity contribution < 1.29 is 13.9 Å². The van der Waals surface area contributed by atoms with Crippen molar-refractivity contribution >= 4 is 40.8 Å². The number of furan rings is 1. The van der Waals surface area contributed by atoms with E-state index in [9.17, 15) is 0 Å². The fourth-order valence-corrected chi connectivity index (χ4v) is 3.22. The highest BCUT2D eigenvalue weighted by atomic mass is 127. The van der Waals surface area contributed by atoms with E-state index in [1.807, 2.05) is 30.3 Å². The van der Waals surface area contributed by atoms with Crippen molar-refractivity contribution in [3.05, 3.63) is 60.7 Å². The van der Waals surface area contributed by atoms with Gasteiger partial charge in [0.1, 0.15) is 17.3 Å². The van der Waals surface area contributed by atoms with E-state index in [1.54, 1.807) is 20.5 Å². The van der Waals surface area contributed by atoms with Crippen molar-refractivity contribution in [2.24, 2.45) is 4.99 Å². The third-order valence-electron chi connectivity index (χ3n) is 4.72. The van der Waals surface area contributed by atoms with Gasteiger partial charge in [0.05, 0.1) is 26.0 Å². The van der Waals surface area contributed by atoms with Crippen molar-refractivity contribution in [1.29, 1.82) is 0 Å². The monoisotopic (exact) mass is 538 g/mol. The van der Waals surface area contributed by atoms with Gasteiger partial charge in [-0.3, -0.25) is 4.99 Å². The molecule has 2 heterocycles. The summed E-state index contributed by atoms with van der Waals surface area (Å²) in [6.45, 7) is 5.88. The molecule has 168 valence electrons. The molecule has 3 aromatic rings. The van der Waals surface area contributed by atoms with Crippen LogP contribution in [0.4, 0.5) is 0 Å². The van der Waals surface area contributed by atoms with E-state index in [0.29, 0.717) is 13.1 Å². The lowest BCUT2D eigenvalue weighted by atomic mass is 10.2. The summed E-state index contributed by atoms with van der Waals surface area (Å²) in [5.74, 6) is 3.32. The number of nitrogens with one attached hydrogen (secondary N) is 3. The molecule has 0 saturated heterocycles. The normalized spacial score (nSPS) is 11.1. The number of hydrogen-bond donors (Lipinski definition) is 3. The average Bonchev–Trinajstić information content (AvgIpc) is 3.43. The molecular weight excluding hydrogens is 507 g/mol. The Labute approximate surface area is 200 Å². The molecule has 0 aliphatic heterocycles. The Morgan fingerprint density at radius 1 is 1.19 bits per heavy atom. The van der Waals surface area contributed by atoms with Crippen LogP contribution in [0.3, 0.4) is 0 Å². The number of methoxy groups -OCH3 is 2. The van der Waals surface area contributed by atoms with Crippen LogP contribution < -0.4 is 20.1 Å². The van der Waals surface area contributed by atoms with Gasteiger partial charge in [-0.25, -0.2) is 0 Å². The van der Waals surface area contributed by atoms with Gasteiger partial charge in [0.15, 0.2) is 5.96 Å². The molecular formula is C23H31IN4O3. The molecule has 8 heteroatoms. The summed E-state index contributed by atoms with van der Waals surface area (Å²) in [6, 6.07) is 9.89. The minimum atomic E-state index is 0. The van der Waals surface area contributed by atoms with E-state index >= 15 is 0 Å². The van der Waals surface area contributed by atoms with Gasteiger partial charge in [-0.05, 0) is 31.0 Å². The first-order valence-corrected chi connectivity index (χ1v) is 10.1. The standard InChI is InChI=1S/C23H30N4O3.HI/c1-4-10-24-23(26-12-9-18-8-6-13-30-18)25-11-5-7-17-14-20-21(27-17)15-19(28-2)16-22(20)29-3;/h4,6,8,13-16,27H,1,5,7,9-12H2,2-3H3,(H2,24,25,26);1H. The summed E-state index contributed by atoms with van der Waals surface area (Å²) in [7, 11) is 3.33. The molecule has 0 atom stereocenters. The number of hydrogen-bond acceptors (Lipinski definition) is 4. The summed E-state index contributed by atoms with van der Waals surface area (Å²) < 4.78 is 16.2. The molecule has 1 aromatic carbocycles. The number of fused-ring (bicyclic) bond motifs is 1. The van der Waals surface area contributed by atoms with E-state index in [-0.39, 0.29) is 24.0 Å². The number of guanidine groups is 1. The van der Waals surface area contributed by atoms with Gasteiger partial charge in [-0.2, -0.15) is 0 Å². The number of H-pyrrole nitrogens is 1. The molecule has 0 amide bonds. The maximum atomic E-state index is 5.49. The van der Waals surface area contributed by atoms with E-state index < -0.39 is 0 Å². The van der Waals surface area contributed by atoms with Crippen LogP contribution >= 0.6 is 24.0 Å². The number of benzene rings is 1. The molecule has 0 radical (unpaired) electrons. The van der Waals surface area contributed by atoms with Gasteiger partial charge in [-0.15, -0.1) is 30.6 Å². The number of ether oxygens (including phenoxy) is 2. The Balaban J connectivity index is 0.00000341. The van der Waals surface area contributed by atoms with Crippen LogP contribution in [0.25, 0.3) is 10.9 Å². The molecule has 0 aliphatic carbocycles. The lowest BCUT2D eigenvalue weighted by Crippen LogP contribution is -2.38. The third-order valence-corrected chi connectivity index (χ3v) is 4.72. The average molecular weight is 538 g/mol. The highest BCUT2D eigenvalue weighted by molar-refractivity contribution is 14.0. The first-order chi connectivity index (χ1) is 14.7. The number of aliphatic imine (C=N–C) groups is 1. The Kier molecular flexibility index (Phi) is 10.3. The number of aryl methyl sites for hydroxylation is 1. The van der Waals surface area contributed by atoms with E-state index in [1.165, 1.54) is 0 Å². The molecule has 0 spiro atoms. The van der Waals surface area contributed by atoms with Gasteiger partial charge in [0.25, 0.3) is 0 Å². The highest BCUT2D eigenvalue weighted by Gasteiger charge is 2.09. The molecule has 3 rings (SSSR count). The molecule has 2 aromatic heterocycles. The summed E-state index contributed by atoms with van der Waals surface area (Å²) >= 11 is 0. The van der Waals surface area contributed by atoms with Crippen LogP contribution in [0.15, 0.2) is 58.7 Å². The predicted octanol–water partition coefficient (Wildman–Crippen LogP) is 4.29. The molecule has 3 N–H and O–H groups in total. The second-order valence-corrected chi connectivity index (χ2v) is 6.85. The Bertz CT molecular complexity index is 967. The van der Waals surface area contributed by atoms with Gasteiger partial charge >= 0.3 is 0 Å². The quantitative estimate of drug-likeness (QED) is 0.112. The summed E-state index contributed by atoms with van der Waals surface area (Å²) in [5.41, 5.74) is 2.16. The first-order valence-electron chi connectivity index (χ1n) is 10.1. The van der Waals surface area contributed by atoms with Crippen molar-refractivity contribution in [2.75, 3.05) is 33.9 Å². The molecule has 31 heavy (non-hydrogen) atoms. The molecule has 0 aliphatic rings. The number of rotatable bonds is 11. The van der Waals surface area contributed by atoms with Crippen molar-refractivity contribution in [1.82, 2.24) is 15.6 Å². The maximum Gasteiger partial charge on any atom is 0.191 e. The number of nitrogens with zero attached hydrogens (tertiary/aromatic N) is 1. The number of aromatic amines is 1. The van der Waals surface area contributed by atoms with Gasteiger partial charge in [0.2, 0.25) is 0 Å². The second-order valence-electron chi connectivity index (χ2n) is 6.85. The van der Waals surface area contributed by atoms with Crippen molar-refractivity contribution in [3.63, 3.8) is 0 Å². The topological polar surface area (TPSA) is 83.8 Å². The zero-order chi connectivity index (χ0) is 21.2.